The Balaban J connectivity index is 1.45. The molecule has 0 bridgehead atoms. The normalized spacial score (nSPS) is 15.4. The summed E-state index contributed by atoms with van der Waals surface area (Å²) in [4.78, 5) is 4.76. The Bertz CT molecular complexity index is 927. The summed E-state index contributed by atoms with van der Waals surface area (Å²) in [7, 11) is -3.62. The van der Waals surface area contributed by atoms with Gasteiger partial charge in [-0.15, -0.1) is 0 Å². The van der Waals surface area contributed by atoms with Crippen LogP contribution in [0, 0.1) is 12.7 Å². The molecular formula is C22H30FN3O3S. The second-order valence-electron chi connectivity index (χ2n) is 7.44. The summed E-state index contributed by atoms with van der Waals surface area (Å²) in [5, 5.41) is 0. The minimum Gasteiger partial charge on any atom is -0.492 e. The van der Waals surface area contributed by atoms with Crippen molar-refractivity contribution in [2.45, 2.75) is 25.2 Å². The van der Waals surface area contributed by atoms with Gasteiger partial charge in [-0.2, -0.15) is 0 Å². The maximum absolute atomic E-state index is 13.1. The Morgan fingerprint density at radius 2 is 1.77 bits per heavy atom. The van der Waals surface area contributed by atoms with Crippen LogP contribution in [0.5, 0.6) is 5.75 Å². The van der Waals surface area contributed by atoms with E-state index in [2.05, 4.69) is 14.5 Å². The molecule has 0 unspecified atom stereocenters. The Kier molecular flexibility index (Phi) is 7.69. The molecule has 0 spiro atoms. The lowest BCUT2D eigenvalue weighted by molar-refractivity contribution is 0.255. The third-order valence-electron chi connectivity index (χ3n) is 5.20. The summed E-state index contributed by atoms with van der Waals surface area (Å²) < 4.78 is 46.7. The largest absolute Gasteiger partial charge is 0.492 e. The van der Waals surface area contributed by atoms with Gasteiger partial charge in [0.05, 0.1) is 6.61 Å². The molecule has 0 saturated carbocycles. The molecule has 0 aromatic heterocycles. The molecule has 30 heavy (non-hydrogen) atoms. The number of anilines is 1. The first-order valence-electron chi connectivity index (χ1n) is 10.3. The van der Waals surface area contributed by atoms with Crippen molar-refractivity contribution in [2.24, 2.45) is 0 Å². The number of aryl methyl sites for hydroxylation is 1. The molecule has 3 rings (SSSR count). The molecule has 6 nitrogen and oxygen atoms in total. The Morgan fingerprint density at radius 3 is 2.43 bits per heavy atom. The van der Waals surface area contributed by atoms with E-state index in [1.165, 1.54) is 12.1 Å². The van der Waals surface area contributed by atoms with Gasteiger partial charge in [-0.3, -0.25) is 4.90 Å². The Labute approximate surface area is 178 Å². The zero-order valence-corrected chi connectivity index (χ0v) is 18.4. The van der Waals surface area contributed by atoms with Crippen LogP contribution in [-0.4, -0.2) is 59.2 Å². The number of hydrogen-bond donors (Lipinski definition) is 1. The molecule has 1 N–H and O–H groups in total. The van der Waals surface area contributed by atoms with E-state index in [9.17, 15) is 12.8 Å². The van der Waals surface area contributed by atoms with Gasteiger partial charge in [-0.25, -0.2) is 17.5 Å². The van der Waals surface area contributed by atoms with Crippen LogP contribution >= 0.6 is 0 Å². The van der Waals surface area contributed by atoms with Gasteiger partial charge in [0, 0.05) is 38.4 Å². The van der Waals surface area contributed by atoms with Crippen molar-refractivity contribution in [3.63, 3.8) is 0 Å². The van der Waals surface area contributed by atoms with E-state index in [-0.39, 0.29) is 10.7 Å². The molecule has 1 heterocycles. The van der Waals surface area contributed by atoms with Gasteiger partial charge < -0.3 is 9.64 Å². The van der Waals surface area contributed by atoms with Crippen LogP contribution in [0.25, 0.3) is 0 Å². The second-order valence-corrected chi connectivity index (χ2v) is 9.18. The number of rotatable bonds is 9. The molecule has 1 fully saturated rings. The highest BCUT2D eigenvalue weighted by molar-refractivity contribution is 7.89. The number of ether oxygens (including phenoxy) is 1. The SMILES string of the molecule is CCOc1ccc(C)cc1S(=O)(=O)NCCCN1CCN(c2ccc(F)cc2)CC1. The smallest absolute Gasteiger partial charge is 0.244 e. The number of benzene rings is 2. The fourth-order valence-electron chi connectivity index (χ4n) is 3.57. The quantitative estimate of drug-likeness (QED) is 0.614. The zero-order chi connectivity index (χ0) is 21.6. The van der Waals surface area contributed by atoms with E-state index in [1.54, 1.807) is 12.1 Å². The van der Waals surface area contributed by atoms with Crippen LogP contribution in [0.2, 0.25) is 0 Å². The first-order chi connectivity index (χ1) is 14.4. The summed E-state index contributed by atoms with van der Waals surface area (Å²) in [5.41, 5.74) is 1.91. The predicted molar refractivity (Wildman–Crippen MR) is 117 cm³/mol. The van der Waals surface area contributed by atoms with Gasteiger partial charge in [0.25, 0.3) is 0 Å². The summed E-state index contributed by atoms with van der Waals surface area (Å²) in [5.74, 6) is 0.159. The van der Waals surface area contributed by atoms with E-state index in [4.69, 9.17) is 4.74 Å². The Hall–Kier alpha value is -2.16. The fourth-order valence-corrected chi connectivity index (χ4v) is 4.87. The van der Waals surface area contributed by atoms with Gasteiger partial charge in [0.1, 0.15) is 16.5 Å². The maximum Gasteiger partial charge on any atom is 0.244 e. The van der Waals surface area contributed by atoms with Gasteiger partial charge in [0.15, 0.2) is 0 Å². The van der Waals surface area contributed by atoms with Crippen molar-refractivity contribution in [1.82, 2.24) is 9.62 Å². The average molecular weight is 436 g/mol. The number of sulfonamides is 1. The van der Waals surface area contributed by atoms with Crippen LogP contribution in [0.1, 0.15) is 18.9 Å². The number of nitrogens with zero attached hydrogens (tertiary/aromatic N) is 2. The molecule has 2 aromatic carbocycles. The van der Waals surface area contributed by atoms with Crippen LogP contribution in [-0.2, 0) is 10.0 Å². The van der Waals surface area contributed by atoms with Crippen molar-refractivity contribution < 1.29 is 17.5 Å². The molecule has 0 amide bonds. The molecule has 1 aliphatic rings. The van der Waals surface area contributed by atoms with Crippen LogP contribution < -0.4 is 14.4 Å². The minimum absolute atomic E-state index is 0.192. The lowest BCUT2D eigenvalue weighted by atomic mass is 10.2. The summed E-state index contributed by atoms with van der Waals surface area (Å²) in [6.45, 7) is 8.85. The molecule has 164 valence electrons. The molecule has 0 radical (unpaired) electrons. The van der Waals surface area contributed by atoms with Crippen molar-refractivity contribution in [1.29, 1.82) is 0 Å². The van der Waals surface area contributed by atoms with Crippen LogP contribution in [0.3, 0.4) is 0 Å². The van der Waals surface area contributed by atoms with E-state index in [0.717, 1.165) is 50.4 Å². The van der Waals surface area contributed by atoms with Crippen LogP contribution in [0.15, 0.2) is 47.4 Å². The van der Waals surface area contributed by atoms with Crippen molar-refractivity contribution >= 4 is 15.7 Å². The monoisotopic (exact) mass is 435 g/mol. The lowest BCUT2D eigenvalue weighted by Gasteiger charge is -2.36. The number of nitrogens with one attached hydrogen (secondary N) is 1. The van der Waals surface area contributed by atoms with Crippen molar-refractivity contribution in [3.8, 4) is 5.75 Å². The summed E-state index contributed by atoms with van der Waals surface area (Å²) in [6.07, 6.45) is 0.728. The first-order valence-corrected chi connectivity index (χ1v) is 11.8. The van der Waals surface area contributed by atoms with E-state index in [0.29, 0.717) is 18.9 Å². The second kappa shape index (κ2) is 10.2. The topological polar surface area (TPSA) is 61.9 Å². The molecule has 0 aliphatic carbocycles. The highest BCUT2D eigenvalue weighted by atomic mass is 32.2. The fraction of sp³-hybridized carbons (Fsp3) is 0.455. The molecule has 8 heteroatoms. The summed E-state index contributed by atoms with van der Waals surface area (Å²) in [6, 6.07) is 11.8. The van der Waals surface area contributed by atoms with Gasteiger partial charge in [0.2, 0.25) is 10.0 Å². The van der Waals surface area contributed by atoms with Gasteiger partial charge in [-0.05, 0) is 68.8 Å². The third-order valence-corrected chi connectivity index (χ3v) is 6.68. The highest BCUT2D eigenvalue weighted by Gasteiger charge is 2.20. The number of hydrogen-bond acceptors (Lipinski definition) is 5. The maximum atomic E-state index is 13.1. The van der Waals surface area contributed by atoms with E-state index < -0.39 is 10.0 Å². The van der Waals surface area contributed by atoms with E-state index >= 15 is 0 Å². The van der Waals surface area contributed by atoms with Crippen molar-refractivity contribution in [3.05, 3.63) is 53.8 Å². The third kappa shape index (κ3) is 5.93. The number of halogens is 1. The molecule has 1 aliphatic heterocycles. The van der Waals surface area contributed by atoms with E-state index in [1.807, 2.05) is 32.0 Å². The number of piperazine rings is 1. The predicted octanol–water partition coefficient (Wildman–Crippen LogP) is 3.02. The average Bonchev–Trinajstić information content (AvgIpc) is 2.74. The minimum atomic E-state index is -3.62. The molecular weight excluding hydrogens is 405 g/mol. The van der Waals surface area contributed by atoms with Crippen LogP contribution in [0.4, 0.5) is 10.1 Å². The molecule has 2 aromatic rings. The van der Waals surface area contributed by atoms with Crippen molar-refractivity contribution in [2.75, 3.05) is 50.8 Å². The Morgan fingerprint density at radius 1 is 1.07 bits per heavy atom. The summed E-state index contributed by atoms with van der Waals surface area (Å²) >= 11 is 0. The molecule has 1 saturated heterocycles. The van der Waals surface area contributed by atoms with Gasteiger partial charge >= 0.3 is 0 Å². The first kappa shape index (κ1) is 22.5. The lowest BCUT2D eigenvalue weighted by Crippen LogP contribution is -2.47. The standard InChI is InChI=1S/C22H30FN3O3S/c1-3-29-21-10-5-18(2)17-22(21)30(27,28)24-11-4-12-25-13-15-26(16-14-25)20-8-6-19(23)7-9-20/h5-10,17,24H,3-4,11-16H2,1-2H3. The molecule has 0 atom stereocenters. The van der Waals surface area contributed by atoms with Gasteiger partial charge in [-0.1, -0.05) is 6.07 Å². The highest BCUT2D eigenvalue weighted by Crippen LogP contribution is 2.25. The zero-order valence-electron chi connectivity index (χ0n) is 17.6.